The molecule has 1 aliphatic rings. The maximum absolute atomic E-state index is 10.5. The van der Waals surface area contributed by atoms with Crippen LogP contribution in [0.2, 0.25) is 0 Å². The SMILES string of the molecule is CCn1ncc(OC)c1C(O)C1CN(C)CCO1. The van der Waals surface area contributed by atoms with Crippen molar-refractivity contribution in [3.05, 3.63) is 11.9 Å². The van der Waals surface area contributed by atoms with Crippen molar-refractivity contribution in [3.8, 4) is 5.75 Å². The number of likely N-dealkylation sites (N-methyl/N-ethyl adjacent to an activating group) is 1. The second kappa shape index (κ2) is 5.69. The Labute approximate surface area is 107 Å². The first-order chi connectivity index (χ1) is 8.67. The Kier molecular flexibility index (Phi) is 4.21. The molecule has 1 aromatic rings. The van der Waals surface area contributed by atoms with Crippen molar-refractivity contribution in [2.45, 2.75) is 25.7 Å². The third-order valence-corrected chi connectivity index (χ3v) is 3.29. The van der Waals surface area contributed by atoms with Crippen molar-refractivity contribution < 1.29 is 14.6 Å². The van der Waals surface area contributed by atoms with Crippen molar-refractivity contribution >= 4 is 0 Å². The highest BCUT2D eigenvalue weighted by molar-refractivity contribution is 5.28. The minimum Gasteiger partial charge on any atom is -0.493 e. The number of methoxy groups -OCH3 is 1. The van der Waals surface area contributed by atoms with E-state index in [0.29, 0.717) is 31.1 Å². The molecule has 1 aromatic heterocycles. The van der Waals surface area contributed by atoms with E-state index in [1.54, 1.807) is 18.0 Å². The summed E-state index contributed by atoms with van der Waals surface area (Å²) in [7, 11) is 3.61. The lowest BCUT2D eigenvalue weighted by Crippen LogP contribution is -2.43. The van der Waals surface area contributed by atoms with Gasteiger partial charge in [-0.15, -0.1) is 0 Å². The van der Waals surface area contributed by atoms with Crippen molar-refractivity contribution in [1.29, 1.82) is 0 Å². The summed E-state index contributed by atoms with van der Waals surface area (Å²) < 4.78 is 12.7. The van der Waals surface area contributed by atoms with Gasteiger partial charge in [0.25, 0.3) is 0 Å². The van der Waals surface area contributed by atoms with Gasteiger partial charge in [0.05, 0.1) is 19.9 Å². The number of ether oxygens (including phenoxy) is 2. The molecule has 18 heavy (non-hydrogen) atoms. The zero-order chi connectivity index (χ0) is 13.1. The summed E-state index contributed by atoms with van der Waals surface area (Å²) in [6.45, 7) is 4.92. The number of aromatic nitrogens is 2. The molecular weight excluding hydrogens is 234 g/mol. The van der Waals surface area contributed by atoms with E-state index in [4.69, 9.17) is 9.47 Å². The minimum absolute atomic E-state index is 0.236. The standard InChI is InChI=1S/C12H21N3O3/c1-4-15-11(9(17-3)7-13-15)12(16)10-8-14(2)5-6-18-10/h7,10,12,16H,4-6,8H2,1-3H3. The molecule has 2 atom stereocenters. The van der Waals surface area contributed by atoms with Gasteiger partial charge in [-0.3, -0.25) is 4.68 Å². The number of aliphatic hydroxyl groups is 1. The summed E-state index contributed by atoms with van der Waals surface area (Å²) in [5, 5.41) is 14.7. The van der Waals surface area contributed by atoms with Crippen molar-refractivity contribution in [1.82, 2.24) is 14.7 Å². The van der Waals surface area contributed by atoms with E-state index in [2.05, 4.69) is 10.00 Å². The van der Waals surface area contributed by atoms with Crippen LogP contribution in [0.5, 0.6) is 5.75 Å². The van der Waals surface area contributed by atoms with Gasteiger partial charge >= 0.3 is 0 Å². The van der Waals surface area contributed by atoms with Crippen LogP contribution in [0.1, 0.15) is 18.7 Å². The van der Waals surface area contributed by atoms with Crippen LogP contribution in [-0.2, 0) is 11.3 Å². The molecule has 6 heteroatoms. The number of rotatable bonds is 4. The highest BCUT2D eigenvalue weighted by Gasteiger charge is 2.31. The molecule has 2 unspecified atom stereocenters. The maximum atomic E-state index is 10.5. The van der Waals surface area contributed by atoms with E-state index in [0.717, 1.165) is 6.54 Å². The third-order valence-electron chi connectivity index (χ3n) is 3.29. The number of morpholine rings is 1. The lowest BCUT2D eigenvalue weighted by molar-refractivity contribution is -0.0873. The zero-order valence-corrected chi connectivity index (χ0v) is 11.2. The first-order valence-electron chi connectivity index (χ1n) is 6.25. The van der Waals surface area contributed by atoms with Crippen LogP contribution in [0, 0.1) is 0 Å². The molecular formula is C12H21N3O3. The highest BCUT2D eigenvalue weighted by atomic mass is 16.5. The topological polar surface area (TPSA) is 59.8 Å². The Morgan fingerprint density at radius 1 is 1.67 bits per heavy atom. The Balaban J connectivity index is 2.21. The van der Waals surface area contributed by atoms with Crippen LogP contribution >= 0.6 is 0 Å². The average molecular weight is 255 g/mol. The molecule has 0 bridgehead atoms. The van der Waals surface area contributed by atoms with Gasteiger partial charge in [0, 0.05) is 19.6 Å². The Morgan fingerprint density at radius 2 is 2.44 bits per heavy atom. The fourth-order valence-corrected chi connectivity index (χ4v) is 2.26. The molecule has 0 saturated carbocycles. The Hall–Kier alpha value is -1.11. The van der Waals surface area contributed by atoms with Gasteiger partial charge in [-0.05, 0) is 14.0 Å². The molecule has 6 nitrogen and oxygen atoms in total. The number of nitrogens with zero attached hydrogens (tertiary/aromatic N) is 3. The molecule has 102 valence electrons. The normalized spacial score (nSPS) is 23.0. The van der Waals surface area contributed by atoms with Crippen LogP contribution in [0.25, 0.3) is 0 Å². The molecule has 1 N–H and O–H groups in total. The lowest BCUT2D eigenvalue weighted by atomic mass is 10.1. The molecule has 0 radical (unpaired) electrons. The molecule has 2 rings (SSSR count). The van der Waals surface area contributed by atoms with E-state index >= 15 is 0 Å². The Morgan fingerprint density at radius 3 is 3.06 bits per heavy atom. The predicted octanol–water partition coefficient (Wildman–Crippen LogP) is 0.276. The second-order valence-corrected chi connectivity index (χ2v) is 4.53. The summed E-state index contributed by atoms with van der Waals surface area (Å²) >= 11 is 0. The smallest absolute Gasteiger partial charge is 0.162 e. The zero-order valence-electron chi connectivity index (χ0n) is 11.2. The summed E-state index contributed by atoms with van der Waals surface area (Å²) in [4.78, 5) is 2.15. The minimum atomic E-state index is -0.717. The molecule has 1 saturated heterocycles. The maximum Gasteiger partial charge on any atom is 0.162 e. The van der Waals surface area contributed by atoms with E-state index in [9.17, 15) is 5.11 Å². The number of hydrogen-bond acceptors (Lipinski definition) is 5. The largest absolute Gasteiger partial charge is 0.493 e. The fraction of sp³-hybridized carbons (Fsp3) is 0.750. The van der Waals surface area contributed by atoms with Crippen LogP contribution in [0.15, 0.2) is 6.20 Å². The van der Waals surface area contributed by atoms with Crippen molar-refractivity contribution in [3.63, 3.8) is 0 Å². The van der Waals surface area contributed by atoms with Crippen LogP contribution in [0.3, 0.4) is 0 Å². The monoisotopic (exact) mass is 255 g/mol. The fourth-order valence-electron chi connectivity index (χ4n) is 2.26. The van der Waals surface area contributed by atoms with Crippen molar-refractivity contribution in [2.75, 3.05) is 33.9 Å². The molecule has 2 heterocycles. The third kappa shape index (κ3) is 2.50. The predicted molar refractivity (Wildman–Crippen MR) is 66.6 cm³/mol. The van der Waals surface area contributed by atoms with E-state index in [1.807, 2.05) is 14.0 Å². The summed E-state index contributed by atoms with van der Waals surface area (Å²) in [5.74, 6) is 0.612. The first-order valence-corrected chi connectivity index (χ1v) is 6.25. The Bertz CT molecular complexity index is 372. The summed E-state index contributed by atoms with van der Waals surface area (Å²) in [5.41, 5.74) is 0.695. The van der Waals surface area contributed by atoms with Gasteiger partial charge in [-0.1, -0.05) is 0 Å². The second-order valence-electron chi connectivity index (χ2n) is 4.53. The molecule has 0 amide bonds. The van der Waals surface area contributed by atoms with E-state index in [1.165, 1.54) is 0 Å². The summed E-state index contributed by atoms with van der Waals surface area (Å²) in [6, 6.07) is 0. The van der Waals surface area contributed by atoms with Gasteiger partial charge in [-0.2, -0.15) is 5.10 Å². The highest BCUT2D eigenvalue weighted by Crippen LogP contribution is 2.29. The van der Waals surface area contributed by atoms with Gasteiger partial charge in [0.15, 0.2) is 5.75 Å². The van der Waals surface area contributed by atoms with Crippen LogP contribution in [-0.4, -0.2) is 59.7 Å². The summed E-state index contributed by atoms with van der Waals surface area (Å²) in [6.07, 6.45) is 0.680. The number of aliphatic hydroxyl groups excluding tert-OH is 1. The first kappa shape index (κ1) is 13.3. The van der Waals surface area contributed by atoms with E-state index < -0.39 is 6.10 Å². The molecule has 0 aromatic carbocycles. The van der Waals surface area contributed by atoms with Gasteiger partial charge in [-0.25, -0.2) is 0 Å². The molecule has 0 spiro atoms. The molecule has 0 aliphatic carbocycles. The average Bonchev–Trinajstić information content (AvgIpc) is 2.80. The number of hydrogen-bond donors (Lipinski definition) is 1. The van der Waals surface area contributed by atoms with Gasteiger partial charge in [0.1, 0.15) is 17.9 Å². The van der Waals surface area contributed by atoms with E-state index in [-0.39, 0.29) is 6.10 Å². The van der Waals surface area contributed by atoms with Crippen LogP contribution < -0.4 is 4.74 Å². The molecule has 1 fully saturated rings. The quantitative estimate of drug-likeness (QED) is 0.837. The molecule has 1 aliphatic heterocycles. The van der Waals surface area contributed by atoms with Crippen LogP contribution in [0.4, 0.5) is 0 Å². The number of aryl methyl sites for hydroxylation is 1. The van der Waals surface area contributed by atoms with Crippen molar-refractivity contribution in [2.24, 2.45) is 0 Å². The van der Waals surface area contributed by atoms with Gasteiger partial charge in [0.2, 0.25) is 0 Å². The van der Waals surface area contributed by atoms with Gasteiger partial charge < -0.3 is 19.5 Å². The lowest BCUT2D eigenvalue weighted by Gasteiger charge is -2.33.